The number of rotatable bonds is 6. The number of non-ortho nitro benzene ring substituents is 1. The topological polar surface area (TPSA) is 160 Å². The number of nitrogens with zero attached hydrogens (tertiary/aromatic N) is 2. The Bertz CT molecular complexity index is 1020. The first-order valence-electron chi connectivity index (χ1n) is 8.10. The first-order chi connectivity index (χ1) is 13.8. The molecule has 0 aliphatic carbocycles. The van der Waals surface area contributed by atoms with Gasteiger partial charge in [-0.3, -0.25) is 25.0 Å². The Balaban J connectivity index is 1.74. The van der Waals surface area contributed by atoms with Crippen molar-refractivity contribution in [2.75, 3.05) is 12.1 Å². The van der Waals surface area contributed by atoms with Gasteiger partial charge in [0.05, 0.1) is 15.9 Å². The second-order valence-corrected chi connectivity index (χ2v) is 5.82. The van der Waals surface area contributed by atoms with E-state index in [9.17, 15) is 29.8 Å². The van der Waals surface area contributed by atoms with Crippen LogP contribution in [-0.4, -0.2) is 34.6 Å². The van der Waals surface area contributed by atoms with Gasteiger partial charge < -0.3 is 19.5 Å². The minimum Gasteiger partial charge on any atom is -0.454 e. The van der Waals surface area contributed by atoms with E-state index in [1.54, 1.807) is 0 Å². The molecule has 0 saturated carbocycles. The molecule has 0 bridgehead atoms. The van der Waals surface area contributed by atoms with E-state index in [2.05, 4.69) is 5.32 Å². The van der Waals surface area contributed by atoms with E-state index < -0.39 is 39.1 Å². The average Bonchev–Trinajstić information content (AvgIpc) is 3.14. The fourth-order valence-electron chi connectivity index (χ4n) is 2.46. The summed E-state index contributed by atoms with van der Waals surface area (Å²) in [5, 5.41) is 24.4. The van der Waals surface area contributed by atoms with Crippen LogP contribution in [0.2, 0.25) is 0 Å². The smallest absolute Gasteiger partial charge is 0.346 e. The molecule has 150 valence electrons. The molecule has 1 heterocycles. The summed E-state index contributed by atoms with van der Waals surface area (Å²) in [6.45, 7) is 1.11. The third-order valence-corrected chi connectivity index (χ3v) is 3.89. The van der Waals surface area contributed by atoms with Crippen LogP contribution in [0.25, 0.3) is 0 Å². The molecular weight excluding hydrogens is 390 g/mol. The molecule has 1 N–H and O–H groups in total. The van der Waals surface area contributed by atoms with Crippen LogP contribution in [0.1, 0.15) is 17.3 Å². The molecule has 2 aromatic rings. The number of hydrogen-bond acceptors (Lipinski definition) is 9. The Morgan fingerprint density at radius 1 is 1.10 bits per heavy atom. The van der Waals surface area contributed by atoms with Gasteiger partial charge in [-0.15, -0.1) is 0 Å². The summed E-state index contributed by atoms with van der Waals surface area (Å²) in [6.07, 6.45) is -1.34. The number of anilines is 1. The summed E-state index contributed by atoms with van der Waals surface area (Å²) in [5.41, 5.74) is -1.08. The highest BCUT2D eigenvalue weighted by atomic mass is 16.7. The van der Waals surface area contributed by atoms with E-state index in [0.717, 1.165) is 18.2 Å². The van der Waals surface area contributed by atoms with Gasteiger partial charge >= 0.3 is 5.97 Å². The van der Waals surface area contributed by atoms with Crippen LogP contribution in [0.4, 0.5) is 17.1 Å². The maximum absolute atomic E-state index is 12.4. The molecular formula is C17H13N3O9. The number of carbonyl (C=O) groups excluding carboxylic acids is 2. The van der Waals surface area contributed by atoms with Crippen LogP contribution in [0.3, 0.4) is 0 Å². The fraction of sp³-hybridized carbons (Fsp3) is 0.176. The normalized spacial score (nSPS) is 12.7. The summed E-state index contributed by atoms with van der Waals surface area (Å²) in [6, 6.07) is 7.32. The SMILES string of the molecule is CC(OC(=O)c1cc2c(cc1[N+](=O)[O-])OCO2)C(=O)Nc1cccc([N+](=O)[O-])c1. The second kappa shape index (κ2) is 7.80. The Labute approximate surface area is 162 Å². The average molecular weight is 403 g/mol. The zero-order chi connectivity index (χ0) is 21.1. The number of nitrogens with one attached hydrogen (secondary N) is 1. The highest BCUT2D eigenvalue weighted by Gasteiger charge is 2.30. The molecule has 1 atom stereocenters. The first kappa shape index (κ1) is 19.5. The molecule has 2 aromatic carbocycles. The van der Waals surface area contributed by atoms with Crippen LogP contribution in [0, 0.1) is 20.2 Å². The lowest BCUT2D eigenvalue weighted by Gasteiger charge is -2.14. The Kier molecular flexibility index (Phi) is 5.25. The minimum atomic E-state index is -1.34. The molecule has 12 nitrogen and oxygen atoms in total. The molecule has 0 radical (unpaired) electrons. The lowest BCUT2D eigenvalue weighted by Crippen LogP contribution is -2.30. The number of benzene rings is 2. The quantitative estimate of drug-likeness (QED) is 0.434. The number of ether oxygens (including phenoxy) is 3. The van der Waals surface area contributed by atoms with Crippen LogP contribution < -0.4 is 14.8 Å². The zero-order valence-electron chi connectivity index (χ0n) is 14.8. The number of fused-ring (bicyclic) bond motifs is 1. The van der Waals surface area contributed by atoms with Crippen molar-refractivity contribution >= 4 is 28.9 Å². The highest BCUT2D eigenvalue weighted by molar-refractivity contribution is 5.99. The van der Waals surface area contributed by atoms with Crippen molar-refractivity contribution in [1.82, 2.24) is 0 Å². The van der Waals surface area contributed by atoms with Crippen LogP contribution >= 0.6 is 0 Å². The van der Waals surface area contributed by atoms with E-state index >= 15 is 0 Å². The van der Waals surface area contributed by atoms with Crippen molar-refractivity contribution in [2.24, 2.45) is 0 Å². The molecule has 29 heavy (non-hydrogen) atoms. The summed E-state index contributed by atoms with van der Waals surface area (Å²) in [4.78, 5) is 45.2. The Morgan fingerprint density at radius 3 is 2.45 bits per heavy atom. The van der Waals surface area contributed by atoms with Gasteiger partial charge in [0.2, 0.25) is 6.79 Å². The van der Waals surface area contributed by atoms with Gasteiger partial charge in [-0.2, -0.15) is 0 Å². The van der Waals surface area contributed by atoms with E-state index in [0.29, 0.717) is 0 Å². The van der Waals surface area contributed by atoms with Gasteiger partial charge in [0.15, 0.2) is 17.6 Å². The molecule has 12 heteroatoms. The molecule has 3 rings (SSSR count). The largest absolute Gasteiger partial charge is 0.454 e. The van der Waals surface area contributed by atoms with Gasteiger partial charge in [-0.1, -0.05) is 6.07 Å². The lowest BCUT2D eigenvalue weighted by atomic mass is 10.1. The molecule has 1 amide bonds. The van der Waals surface area contributed by atoms with Crippen LogP contribution in [-0.2, 0) is 9.53 Å². The molecule has 1 aliphatic rings. The van der Waals surface area contributed by atoms with Crippen molar-refractivity contribution in [1.29, 1.82) is 0 Å². The zero-order valence-corrected chi connectivity index (χ0v) is 14.8. The number of amides is 1. The maximum Gasteiger partial charge on any atom is 0.346 e. The van der Waals surface area contributed by atoms with Crippen molar-refractivity contribution in [3.63, 3.8) is 0 Å². The van der Waals surface area contributed by atoms with Gasteiger partial charge in [-0.25, -0.2) is 4.79 Å². The van der Waals surface area contributed by atoms with Gasteiger partial charge in [0.25, 0.3) is 17.3 Å². The first-order valence-corrected chi connectivity index (χ1v) is 8.10. The fourth-order valence-corrected chi connectivity index (χ4v) is 2.46. The lowest BCUT2D eigenvalue weighted by molar-refractivity contribution is -0.385. The monoisotopic (exact) mass is 403 g/mol. The number of carbonyl (C=O) groups is 2. The minimum absolute atomic E-state index is 0.115. The van der Waals surface area contributed by atoms with E-state index in [1.807, 2.05) is 0 Å². The van der Waals surface area contributed by atoms with Crippen molar-refractivity contribution in [3.05, 3.63) is 62.2 Å². The number of nitro groups is 2. The number of esters is 1. The Hall–Kier alpha value is -4.22. The van der Waals surface area contributed by atoms with Crippen molar-refractivity contribution in [2.45, 2.75) is 13.0 Å². The summed E-state index contributed by atoms with van der Waals surface area (Å²) in [7, 11) is 0. The summed E-state index contributed by atoms with van der Waals surface area (Å²) >= 11 is 0. The maximum atomic E-state index is 12.4. The van der Waals surface area contributed by atoms with E-state index in [-0.39, 0.29) is 29.7 Å². The third-order valence-electron chi connectivity index (χ3n) is 3.89. The second-order valence-electron chi connectivity index (χ2n) is 5.82. The number of hydrogen-bond donors (Lipinski definition) is 1. The van der Waals surface area contributed by atoms with Gasteiger partial charge in [0, 0.05) is 23.9 Å². The van der Waals surface area contributed by atoms with Crippen molar-refractivity contribution < 1.29 is 33.6 Å². The van der Waals surface area contributed by atoms with Crippen molar-refractivity contribution in [3.8, 4) is 11.5 Å². The molecule has 0 spiro atoms. The van der Waals surface area contributed by atoms with E-state index in [1.165, 1.54) is 25.1 Å². The third kappa shape index (κ3) is 4.21. The molecule has 0 aromatic heterocycles. The van der Waals surface area contributed by atoms with Gasteiger partial charge in [-0.05, 0) is 13.0 Å². The van der Waals surface area contributed by atoms with Crippen LogP contribution in [0.15, 0.2) is 36.4 Å². The van der Waals surface area contributed by atoms with Gasteiger partial charge in [0.1, 0.15) is 5.56 Å². The standard InChI is InChI=1S/C17H13N3O9/c1-9(16(21)18-10-3-2-4-11(5-10)19(23)24)29-17(22)12-6-14-15(28-8-27-14)7-13(12)20(25)26/h2-7,9H,8H2,1H3,(H,18,21). The summed E-state index contributed by atoms with van der Waals surface area (Å²) < 4.78 is 15.2. The highest BCUT2D eigenvalue weighted by Crippen LogP contribution is 2.38. The summed E-state index contributed by atoms with van der Waals surface area (Å²) in [5.74, 6) is -1.64. The molecule has 0 saturated heterocycles. The Morgan fingerprint density at radius 2 is 1.79 bits per heavy atom. The predicted octanol–water partition coefficient (Wildman–Crippen LogP) is 2.42. The molecule has 0 fully saturated rings. The van der Waals surface area contributed by atoms with Crippen LogP contribution in [0.5, 0.6) is 11.5 Å². The number of nitro benzene ring substituents is 2. The molecule has 1 aliphatic heterocycles. The molecule has 1 unspecified atom stereocenters. The van der Waals surface area contributed by atoms with E-state index in [4.69, 9.17) is 14.2 Å². The predicted molar refractivity (Wildman–Crippen MR) is 95.8 cm³/mol.